The summed E-state index contributed by atoms with van der Waals surface area (Å²) in [6, 6.07) is 27.5. The lowest BCUT2D eigenvalue weighted by Gasteiger charge is -2.38. The number of hydrogen-bond acceptors (Lipinski definition) is 4. The minimum absolute atomic E-state index is 0.257. The van der Waals surface area contributed by atoms with Crippen molar-refractivity contribution < 1.29 is 5.11 Å². The largest absolute Gasteiger partial charge is 0.385 e. The zero-order valence-corrected chi connectivity index (χ0v) is 19.7. The normalized spacial score (nSPS) is 19.7. The first-order chi connectivity index (χ1) is 16.2. The molecule has 3 nitrogen and oxygen atoms in total. The van der Waals surface area contributed by atoms with Crippen molar-refractivity contribution in [3.8, 4) is 6.07 Å². The van der Waals surface area contributed by atoms with Crippen molar-refractivity contribution >= 4 is 11.8 Å². The maximum atomic E-state index is 11.1. The van der Waals surface area contributed by atoms with Gasteiger partial charge in [0.15, 0.2) is 0 Å². The summed E-state index contributed by atoms with van der Waals surface area (Å²) in [7, 11) is 0. The smallest absolute Gasteiger partial charge is 0.0995 e. The Labute approximate surface area is 201 Å². The number of hydrogen-bond donors (Lipinski definition) is 1. The van der Waals surface area contributed by atoms with Crippen molar-refractivity contribution in [1.29, 1.82) is 5.26 Å². The van der Waals surface area contributed by atoms with Crippen LogP contribution in [0.5, 0.6) is 0 Å². The molecule has 2 heterocycles. The molecule has 1 fully saturated rings. The van der Waals surface area contributed by atoms with Gasteiger partial charge in [-0.05, 0) is 66.6 Å². The van der Waals surface area contributed by atoms with Crippen LogP contribution in [0.3, 0.4) is 0 Å². The van der Waals surface area contributed by atoms with Crippen molar-refractivity contribution in [3.63, 3.8) is 0 Å². The molecule has 0 aromatic heterocycles. The molecule has 2 aliphatic heterocycles. The van der Waals surface area contributed by atoms with E-state index in [1.165, 1.54) is 21.6 Å². The first kappa shape index (κ1) is 22.2. The van der Waals surface area contributed by atoms with Gasteiger partial charge in [0, 0.05) is 29.7 Å². The Morgan fingerprint density at radius 3 is 2.52 bits per heavy atom. The second kappa shape index (κ2) is 9.73. The van der Waals surface area contributed by atoms with Gasteiger partial charge in [0.1, 0.15) is 0 Å². The van der Waals surface area contributed by atoms with E-state index in [4.69, 9.17) is 0 Å². The summed E-state index contributed by atoms with van der Waals surface area (Å²) in [5, 5.41) is 21.0. The predicted octanol–water partition coefficient (Wildman–Crippen LogP) is 6.06. The van der Waals surface area contributed by atoms with Crippen LogP contribution in [-0.2, 0) is 11.4 Å². The number of piperidine rings is 1. The van der Waals surface area contributed by atoms with E-state index in [-0.39, 0.29) is 5.92 Å². The van der Waals surface area contributed by atoms with Gasteiger partial charge in [0.25, 0.3) is 0 Å². The highest BCUT2D eigenvalue weighted by atomic mass is 32.2. The van der Waals surface area contributed by atoms with Crippen LogP contribution in [0.4, 0.5) is 0 Å². The fourth-order valence-corrected chi connectivity index (χ4v) is 6.60. The highest BCUT2D eigenvalue weighted by Crippen LogP contribution is 2.44. The molecular weight excluding hydrogens is 424 g/mol. The number of rotatable bonds is 5. The van der Waals surface area contributed by atoms with Gasteiger partial charge in [0.2, 0.25) is 0 Å². The van der Waals surface area contributed by atoms with E-state index >= 15 is 0 Å². The molecule has 4 heteroatoms. The molecule has 33 heavy (non-hydrogen) atoms. The number of benzene rings is 3. The number of nitriles is 1. The van der Waals surface area contributed by atoms with Crippen LogP contribution in [0.15, 0.2) is 77.7 Å². The Kier molecular flexibility index (Phi) is 6.55. The Morgan fingerprint density at radius 2 is 1.73 bits per heavy atom. The molecule has 168 valence electrons. The molecule has 0 amide bonds. The van der Waals surface area contributed by atoms with Gasteiger partial charge in [-0.25, -0.2) is 0 Å². The summed E-state index contributed by atoms with van der Waals surface area (Å²) >= 11 is 1.86. The zero-order valence-electron chi connectivity index (χ0n) is 18.9. The number of nitrogens with zero attached hydrogens (tertiary/aromatic N) is 2. The van der Waals surface area contributed by atoms with Gasteiger partial charge >= 0.3 is 0 Å². The first-order valence-electron chi connectivity index (χ1n) is 11.9. The van der Waals surface area contributed by atoms with E-state index in [0.29, 0.717) is 0 Å². The van der Waals surface area contributed by atoms with Gasteiger partial charge in [0.05, 0.1) is 17.2 Å². The second-order valence-electron chi connectivity index (χ2n) is 9.25. The van der Waals surface area contributed by atoms with Crippen LogP contribution in [-0.4, -0.2) is 29.6 Å². The van der Waals surface area contributed by atoms with Crippen LogP contribution in [0.1, 0.15) is 59.4 Å². The van der Waals surface area contributed by atoms with Crippen molar-refractivity contribution in [2.45, 2.75) is 47.9 Å². The predicted molar refractivity (Wildman–Crippen MR) is 134 cm³/mol. The Morgan fingerprint density at radius 1 is 0.970 bits per heavy atom. The molecule has 0 bridgehead atoms. The van der Waals surface area contributed by atoms with Gasteiger partial charge < -0.3 is 10.0 Å². The Balaban J connectivity index is 1.28. The lowest BCUT2D eigenvalue weighted by molar-refractivity contribution is -0.0261. The molecule has 1 atom stereocenters. The molecule has 0 spiro atoms. The fourth-order valence-electron chi connectivity index (χ4n) is 5.45. The lowest BCUT2D eigenvalue weighted by atomic mass is 9.82. The van der Waals surface area contributed by atoms with Crippen LogP contribution in [0.2, 0.25) is 0 Å². The SMILES string of the molecule is N#Cc1cccc2c1C(CCCN1CCC(O)(c3ccccc3)CC1)c1ccccc1CS2. The quantitative estimate of drug-likeness (QED) is 0.509. The molecule has 1 saturated heterocycles. The standard InChI is InChI=1S/C29H30N2OS/c30-20-22-9-6-14-27-28(22)26(25-12-5-4-8-23(25)21-33-27)13-7-17-31-18-15-29(32,16-19-31)24-10-2-1-3-11-24/h1-6,8-12,14,26,32H,7,13,15-19,21H2. The molecule has 3 aromatic rings. The molecule has 3 aromatic carbocycles. The van der Waals surface area contributed by atoms with E-state index < -0.39 is 5.60 Å². The average molecular weight is 455 g/mol. The third-order valence-electron chi connectivity index (χ3n) is 7.31. The van der Waals surface area contributed by atoms with Crippen molar-refractivity contribution in [3.05, 3.63) is 101 Å². The summed E-state index contributed by atoms with van der Waals surface area (Å²) < 4.78 is 0. The van der Waals surface area contributed by atoms with Gasteiger partial charge in [-0.15, -0.1) is 11.8 Å². The highest BCUT2D eigenvalue weighted by molar-refractivity contribution is 7.98. The molecule has 5 rings (SSSR count). The topological polar surface area (TPSA) is 47.3 Å². The van der Waals surface area contributed by atoms with E-state index in [0.717, 1.165) is 62.2 Å². The molecule has 0 aliphatic carbocycles. The van der Waals surface area contributed by atoms with Crippen LogP contribution in [0.25, 0.3) is 0 Å². The third-order valence-corrected chi connectivity index (χ3v) is 8.43. The van der Waals surface area contributed by atoms with Crippen molar-refractivity contribution in [1.82, 2.24) is 4.90 Å². The summed E-state index contributed by atoms with van der Waals surface area (Å²) in [4.78, 5) is 3.74. The van der Waals surface area contributed by atoms with Gasteiger partial charge in [-0.2, -0.15) is 5.26 Å². The molecule has 0 saturated carbocycles. The Hall–Kier alpha value is -2.58. The summed E-state index contributed by atoms with van der Waals surface area (Å²) in [6.45, 7) is 2.87. The molecule has 1 N–H and O–H groups in total. The van der Waals surface area contributed by atoms with E-state index in [1.54, 1.807) is 0 Å². The van der Waals surface area contributed by atoms with E-state index in [9.17, 15) is 10.4 Å². The monoisotopic (exact) mass is 454 g/mol. The van der Waals surface area contributed by atoms with E-state index in [1.807, 2.05) is 54.2 Å². The number of aliphatic hydroxyl groups is 1. The minimum Gasteiger partial charge on any atom is -0.385 e. The summed E-state index contributed by atoms with van der Waals surface area (Å²) in [6.07, 6.45) is 3.66. The second-order valence-corrected chi connectivity index (χ2v) is 10.3. The first-order valence-corrected chi connectivity index (χ1v) is 12.9. The van der Waals surface area contributed by atoms with Crippen LogP contribution in [0, 0.1) is 11.3 Å². The highest BCUT2D eigenvalue weighted by Gasteiger charge is 2.34. The van der Waals surface area contributed by atoms with Crippen molar-refractivity contribution in [2.75, 3.05) is 19.6 Å². The molecule has 0 radical (unpaired) electrons. The molecule has 1 unspecified atom stereocenters. The maximum Gasteiger partial charge on any atom is 0.0995 e. The van der Waals surface area contributed by atoms with Crippen molar-refractivity contribution in [2.24, 2.45) is 0 Å². The van der Waals surface area contributed by atoms with Crippen LogP contribution >= 0.6 is 11.8 Å². The average Bonchev–Trinajstić information content (AvgIpc) is 3.03. The summed E-state index contributed by atoms with van der Waals surface area (Å²) in [5.41, 5.74) is 5.13. The van der Waals surface area contributed by atoms with Gasteiger partial charge in [-0.1, -0.05) is 60.7 Å². The van der Waals surface area contributed by atoms with Crippen LogP contribution < -0.4 is 0 Å². The summed E-state index contributed by atoms with van der Waals surface area (Å²) in [5.74, 6) is 1.21. The minimum atomic E-state index is -0.699. The number of thioether (sulfide) groups is 1. The maximum absolute atomic E-state index is 11.1. The fraction of sp³-hybridized carbons (Fsp3) is 0.345. The van der Waals surface area contributed by atoms with E-state index in [2.05, 4.69) is 41.3 Å². The molecule has 2 aliphatic rings. The third kappa shape index (κ3) is 4.59. The number of fused-ring (bicyclic) bond motifs is 2. The Bertz CT molecular complexity index is 1150. The number of likely N-dealkylation sites (tertiary alicyclic amines) is 1. The lowest BCUT2D eigenvalue weighted by Crippen LogP contribution is -2.42. The van der Waals surface area contributed by atoms with Gasteiger partial charge in [-0.3, -0.25) is 0 Å². The molecular formula is C29H30N2OS. The zero-order chi connectivity index (χ0) is 22.7.